The van der Waals surface area contributed by atoms with Gasteiger partial charge in [-0.25, -0.2) is 0 Å². The third-order valence-corrected chi connectivity index (χ3v) is 15.0. The fraction of sp³-hybridized carbons (Fsp3) is 1.00. The van der Waals surface area contributed by atoms with Crippen LogP contribution in [0.5, 0.6) is 0 Å². The molecule has 0 bridgehead atoms. The second-order valence-corrected chi connectivity index (χ2v) is 18.9. The Labute approximate surface area is 176 Å². The fourth-order valence-electron chi connectivity index (χ4n) is 3.89. The normalized spacial score (nSPS) is 16.2. The predicted molar refractivity (Wildman–Crippen MR) is 123 cm³/mol. The molecular weight excluding hydrogens is 388 g/mol. The molecule has 0 aromatic carbocycles. The predicted octanol–water partition coefficient (Wildman–Crippen LogP) is 4.59. The molecule has 0 aliphatic rings. The van der Waals surface area contributed by atoms with Crippen LogP contribution >= 0.6 is 0 Å². The van der Waals surface area contributed by atoms with E-state index in [1.807, 2.05) is 0 Å². The lowest BCUT2D eigenvalue weighted by Crippen LogP contribution is -2.53. The Morgan fingerprint density at radius 1 is 0.857 bits per heavy atom. The van der Waals surface area contributed by atoms with Crippen molar-refractivity contribution in [3.63, 3.8) is 0 Å². The summed E-state index contributed by atoms with van der Waals surface area (Å²) in [5, 5.41) is 17.9. The number of aliphatic hydroxyl groups excluding tert-OH is 2. The molecule has 0 aromatic heterocycles. The molecule has 0 aliphatic carbocycles. The highest BCUT2D eigenvalue weighted by Gasteiger charge is 2.46. The first-order valence-corrected chi connectivity index (χ1v) is 17.3. The van der Waals surface area contributed by atoms with Crippen LogP contribution in [-0.2, 0) is 13.9 Å². The average Bonchev–Trinajstić information content (AvgIpc) is 2.65. The Kier molecular flexibility index (Phi) is 14.4. The molecule has 0 heterocycles. The molecule has 0 radical (unpaired) electrons. The van der Waals surface area contributed by atoms with E-state index in [0.717, 1.165) is 38.7 Å². The minimum absolute atomic E-state index is 0.0946. The van der Waals surface area contributed by atoms with Crippen molar-refractivity contribution in [1.82, 2.24) is 0 Å². The van der Waals surface area contributed by atoms with Crippen molar-refractivity contribution < 1.29 is 24.1 Å². The average molecular weight is 437 g/mol. The molecule has 0 saturated carbocycles. The van der Waals surface area contributed by atoms with Crippen LogP contribution in [0.4, 0.5) is 0 Å². The van der Waals surface area contributed by atoms with Crippen molar-refractivity contribution in [2.24, 2.45) is 0 Å². The molecule has 5 nitrogen and oxygen atoms in total. The van der Waals surface area contributed by atoms with E-state index in [2.05, 4.69) is 47.0 Å². The van der Waals surface area contributed by atoms with Crippen LogP contribution in [0.3, 0.4) is 0 Å². The maximum atomic E-state index is 8.85. The standard InChI is InChI=1S/C21H48O5Si2/c1-8-20(27(4,5)19-11-16-25-18-14-23)26-28(6,7)21(3,9-2)12-10-15-24-17-13-22/h20,22-23H,8-19H2,1-7H3. The van der Waals surface area contributed by atoms with Gasteiger partial charge < -0.3 is 24.1 Å². The molecular formula is C21H48O5Si2. The minimum atomic E-state index is -1.91. The van der Waals surface area contributed by atoms with Crippen LogP contribution in [0.15, 0.2) is 0 Å². The molecule has 0 amide bonds. The van der Waals surface area contributed by atoms with Gasteiger partial charge in [0.25, 0.3) is 0 Å². The van der Waals surface area contributed by atoms with Crippen molar-refractivity contribution in [2.75, 3.05) is 39.6 Å². The lowest BCUT2D eigenvalue weighted by Gasteiger charge is -2.46. The van der Waals surface area contributed by atoms with E-state index in [1.54, 1.807) is 0 Å². The largest absolute Gasteiger partial charge is 0.417 e. The fourth-order valence-corrected chi connectivity index (χ4v) is 11.3. The number of rotatable bonds is 18. The van der Waals surface area contributed by atoms with Crippen molar-refractivity contribution in [3.05, 3.63) is 0 Å². The molecule has 0 fully saturated rings. The Hall–Kier alpha value is 0.234. The highest BCUT2D eigenvalue weighted by atomic mass is 28.4. The van der Waals surface area contributed by atoms with Crippen LogP contribution in [0, 0.1) is 0 Å². The highest BCUT2D eigenvalue weighted by molar-refractivity contribution is 6.81. The summed E-state index contributed by atoms with van der Waals surface area (Å²) in [6, 6.07) is 1.19. The van der Waals surface area contributed by atoms with Crippen molar-refractivity contribution in [2.45, 2.75) is 95.9 Å². The second-order valence-electron chi connectivity index (χ2n) is 9.31. The Morgan fingerprint density at radius 2 is 1.39 bits per heavy atom. The van der Waals surface area contributed by atoms with E-state index in [4.69, 9.17) is 24.1 Å². The summed E-state index contributed by atoms with van der Waals surface area (Å²) in [6.07, 6.45) is 5.38. The van der Waals surface area contributed by atoms with E-state index in [1.165, 1.54) is 6.04 Å². The molecule has 0 aliphatic heterocycles. The van der Waals surface area contributed by atoms with E-state index in [9.17, 15) is 0 Å². The zero-order valence-corrected chi connectivity index (χ0v) is 21.7. The van der Waals surface area contributed by atoms with Crippen LogP contribution < -0.4 is 0 Å². The Morgan fingerprint density at radius 3 is 1.86 bits per heavy atom. The van der Waals surface area contributed by atoms with Gasteiger partial charge in [-0.05, 0) is 43.8 Å². The van der Waals surface area contributed by atoms with Crippen molar-refractivity contribution in [3.8, 4) is 0 Å². The Balaban J connectivity index is 4.85. The maximum absolute atomic E-state index is 8.85. The number of hydrogen-bond acceptors (Lipinski definition) is 5. The zero-order chi connectivity index (χ0) is 21.7. The Bertz CT molecular complexity index is 393. The van der Waals surface area contributed by atoms with Crippen LogP contribution in [0.2, 0.25) is 37.3 Å². The van der Waals surface area contributed by atoms with Gasteiger partial charge in [-0.2, -0.15) is 0 Å². The summed E-state index contributed by atoms with van der Waals surface area (Å²) >= 11 is 0. The summed E-state index contributed by atoms with van der Waals surface area (Å²) in [5.74, 6) is 0. The van der Waals surface area contributed by atoms with Gasteiger partial charge in [0, 0.05) is 18.9 Å². The molecule has 0 spiro atoms. The lowest BCUT2D eigenvalue weighted by atomic mass is 10.0. The topological polar surface area (TPSA) is 68.2 Å². The summed E-state index contributed by atoms with van der Waals surface area (Å²) in [7, 11) is -3.44. The molecule has 170 valence electrons. The summed E-state index contributed by atoms with van der Waals surface area (Å²) in [6.45, 7) is 19.1. The molecule has 28 heavy (non-hydrogen) atoms. The molecule has 0 aromatic rings. The van der Waals surface area contributed by atoms with Crippen molar-refractivity contribution >= 4 is 16.4 Å². The first-order chi connectivity index (χ1) is 13.1. The highest BCUT2D eigenvalue weighted by Crippen LogP contribution is 2.47. The van der Waals surface area contributed by atoms with E-state index < -0.39 is 16.4 Å². The van der Waals surface area contributed by atoms with E-state index >= 15 is 0 Å². The maximum Gasteiger partial charge on any atom is 0.192 e. The first-order valence-electron chi connectivity index (χ1n) is 11.1. The van der Waals surface area contributed by atoms with Gasteiger partial charge in [-0.3, -0.25) is 0 Å². The van der Waals surface area contributed by atoms with Gasteiger partial charge in [0.1, 0.15) is 0 Å². The molecule has 2 N–H and O–H groups in total. The lowest BCUT2D eigenvalue weighted by molar-refractivity contribution is 0.0873. The molecule has 7 heteroatoms. The SMILES string of the molecule is CCC(O[Si](C)(C)C(C)(CC)CCCOCCO)[Si](C)(C)CCCOCCO. The van der Waals surface area contributed by atoms with Gasteiger partial charge in [-0.1, -0.05) is 46.3 Å². The molecule has 0 saturated heterocycles. The smallest absolute Gasteiger partial charge is 0.192 e. The quantitative estimate of drug-likeness (QED) is 0.243. The van der Waals surface area contributed by atoms with Crippen LogP contribution in [0.1, 0.15) is 52.9 Å². The zero-order valence-electron chi connectivity index (χ0n) is 19.7. The minimum Gasteiger partial charge on any atom is -0.417 e. The van der Waals surface area contributed by atoms with Gasteiger partial charge in [0.15, 0.2) is 8.32 Å². The molecule has 0 rings (SSSR count). The van der Waals surface area contributed by atoms with E-state index in [-0.39, 0.29) is 18.3 Å². The number of hydrogen-bond donors (Lipinski definition) is 2. The van der Waals surface area contributed by atoms with Gasteiger partial charge in [-0.15, -0.1) is 0 Å². The number of ether oxygens (including phenoxy) is 2. The van der Waals surface area contributed by atoms with Gasteiger partial charge in [0.2, 0.25) is 0 Å². The molecule has 2 unspecified atom stereocenters. The number of aliphatic hydroxyl groups is 2. The summed E-state index contributed by atoms with van der Waals surface area (Å²) in [5.41, 5.74) is 0.378. The van der Waals surface area contributed by atoms with Crippen LogP contribution in [0.25, 0.3) is 0 Å². The van der Waals surface area contributed by atoms with E-state index in [0.29, 0.717) is 25.5 Å². The van der Waals surface area contributed by atoms with Gasteiger partial charge >= 0.3 is 0 Å². The summed E-state index contributed by atoms with van der Waals surface area (Å²) in [4.78, 5) is 0. The third-order valence-electron chi connectivity index (χ3n) is 6.51. The third kappa shape index (κ3) is 9.82. The van der Waals surface area contributed by atoms with Crippen molar-refractivity contribution in [1.29, 1.82) is 0 Å². The molecule has 2 atom stereocenters. The second kappa shape index (κ2) is 14.3. The summed E-state index contributed by atoms with van der Waals surface area (Å²) < 4.78 is 17.9. The van der Waals surface area contributed by atoms with Gasteiger partial charge in [0.05, 0.1) is 34.5 Å². The first kappa shape index (κ1) is 28.2. The van der Waals surface area contributed by atoms with Crippen LogP contribution in [-0.4, -0.2) is 72.0 Å². The monoisotopic (exact) mass is 436 g/mol.